The Hall–Kier alpha value is -1.82. The van der Waals surface area contributed by atoms with Gasteiger partial charge in [-0.2, -0.15) is 0 Å². The molecule has 0 spiro atoms. The second kappa shape index (κ2) is 4.36. The highest BCUT2D eigenvalue weighted by Crippen LogP contribution is 2.27. The van der Waals surface area contributed by atoms with Gasteiger partial charge in [0, 0.05) is 31.3 Å². The highest BCUT2D eigenvalue weighted by molar-refractivity contribution is 5.79. The lowest BCUT2D eigenvalue weighted by molar-refractivity contribution is -0.129. The van der Waals surface area contributed by atoms with Gasteiger partial charge in [-0.3, -0.25) is 9.78 Å². The van der Waals surface area contributed by atoms with Crippen molar-refractivity contribution in [2.75, 3.05) is 6.54 Å². The molecule has 0 aliphatic carbocycles. The van der Waals surface area contributed by atoms with Crippen LogP contribution in [-0.2, 0) is 4.79 Å². The summed E-state index contributed by atoms with van der Waals surface area (Å²) < 4.78 is 0. The summed E-state index contributed by atoms with van der Waals surface area (Å²) in [5.41, 5.74) is 1.10. The van der Waals surface area contributed by atoms with Gasteiger partial charge in [0.25, 0.3) is 0 Å². The molecule has 1 aliphatic heterocycles. The fourth-order valence-corrected chi connectivity index (χ4v) is 2.04. The van der Waals surface area contributed by atoms with E-state index in [2.05, 4.69) is 10.9 Å². The van der Waals surface area contributed by atoms with Crippen molar-refractivity contribution in [2.24, 2.45) is 5.92 Å². The van der Waals surface area contributed by atoms with Crippen molar-refractivity contribution in [1.29, 1.82) is 0 Å². The highest BCUT2D eigenvalue weighted by Gasteiger charge is 2.31. The number of carbonyl (C=O) groups excluding carboxylic acids is 1. The van der Waals surface area contributed by atoms with Gasteiger partial charge >= 0.3 is 0 Å². The first kappa shape index (κ1) is 10.7. The van der Waals surface area contributed by atoms with Gasteiger partial charge in [0.15, 0.2) is 0 Å². The minimum absolute atomic E-state index is 0.0665. The van der Waals surface area contributed by atoms with Crippen molar-refractivity contribution in [1.82, 2.24) is 9.88 Å². The quantitative estimate of drug-likeness (QED) is 0.701. The first-order chi connectivity index (χ1) is 7.72. The molecule has 0 radical (unpaired) electrons. The third-order valence-corrected chi connectivity index (χ3v) is 3.05. The van der Waals surface area contributed by atoms with Gasteiger partial charge in [-0.05, 0) is 24.6 Å². The molecule has 0 N–H and O–H groups in total. The number of pyridine rings is 1. The Labute approximate surface area is 95.5 Å². The molecule has 82 valence electrons. The molecule has 2 heterocycles. The average molecular weight is 214 g/mol. The third kappa shape index (κ3) is 1.92. The van der Waals surface area contributed by atoms with Gasteiger partial charge in [0.1, 0.15) is 0 Å². The predicted molar refractivity (Wildman–Crippen MR) is 61.3 cm³/mol. The molecule has 1 aliphatic rings. The highest BCUT2D eigenvalue weighted by atomic mass is 16.2. The molecule has 1 fully saturated rings. The van der Waals surface area contributed by atoms with Crippen LogP contribution in [0.15, 0.2) is 24.5 Å². The summed E-state index contributed by atoms with van der Waals surface area (Å²) in [4.78, 5) is 17.6. The fraction of sp³-hybridized carbons (Fsp3) is 0.385. The van der Waals surface area contributed by atoms with Crippen LogP contribution >= 0.6 is 0 Å². The molecule has 0 bridgehead atoms. The molecule has 3 heteroatoms. The minimum atomic E-state index is 0.0665. The van der Waals surface area contributed by atoms with Crippen molar-refractivity contribution in [3.8, 4) is 12.3 Å². The third-order valence-electron chi connectivity index (χ3n) is 3.05. The monoisotopic (exact) mass is 214 g/mol. The van der Waals surface area contributed by atoms with E-state index in [0.717, 1.165) is 5.56 Å². The second-order valence-corrected chi connectivity index (χ2v) is 4.07. The molecule has 2 unspecified atom stereocenters. The Morgan fingerprint density at radius 2 is 2.25 bits per heavy atom. The van der Waals surface area contributed by atoms with E-state index < -0.39 is 0 Å². The summed E-state index contributed by atoms with van der Waals surface area (Å²) in [6.45, 7) is 2.69. The van der Waals surface area contributed by atoms with Gasteiger partial charge in [-0.15, -0.1) is 12.3 Å². The van der Waals surface area contributed by atoms with E-state index >= 15 is 0 Å². The largest absolute Gasteiger partial charge is 0.335 e. The average Bonchev–Trinajstić information content (AvgIpc) is 2.71. The molecule has 0 saturated carbocycles. The zero-order valence-electron chi connectivity index (χ0n) is 9.26. The fourth-order valence-electron chi connectivity index (χ4n) is 2.04. The number of hydrogen-bond donors (Lipinski definition) is 0. The van der Waals surface area contributed by atoms with Gasteiger partial charge in [0.2, 0.25) is 5.91 Å². The summed E-state index contributed by atoms with van der Waals surface area (Å²) in [5, 5.41) is 0. The van der Waals surface area contributed by atoms with Crippen LogP contribution in [0.4, 0.5) is 0 Å². The number of hydrogen-bond acceptors (Lipinski definition) is 2. The summed E-state index contributed by atoms with van der Waals surface area (Å²) in [6.07, 6.45) is 9.32. The van der Waals surface area contributed by atoms with Crippen LogP contribution in [0, 0.1) is 18.3 Å². The van der Waals surface area contributed by atoms with E-state index in [1.807, 2.05) is 24.0 Å². The molecule has 3 nitrogen and oxygen atoms in total. The Morgan fingerprint density at radius 1 is 1.56 bits per heavy atom. The topological polar surface area (TPSA) is 33.2 Å². The molecule has 1 aromatic rings. The maximum absolute atomic E-state index is 11.8. The molecule has 2 rings (SSSR count). The molecule has 0 aromatic carbocycles. The van der Waals surface area contributed by atoms with Crippen LogP contribution in [-0.4, -0.2) is 22.3 Å². The van der Waals surface area contributed by atoms with Gasteiger partial charge < -0.3 is 4.90 Å². The van der Waals surface area contributed by atoms with Crippen LogP contribution < -0.4 is 0 Å². The van der Waals surface area contributed by atoms with Crippen molar-refractivity contribution in [2.45, 2.75) is 19.4 Å². The Kier molecular flexibility index (Phi) is 2.91. The summed E-state index contributed by atoms with van der Waals surface area (Å²) >= 11 is 0. The van der Waals surface area contributed by atoms with Crippen LogP contribution in [0.2, 0.25) is 0 Å². The number of amides is 1. The normalized spacial score (nSPS) is 21.9. The second-order valence-electron chi connectivity index (χ2n) is 4.07. The molecule has 1 amide bonds. The molecule has 1 saturated heterocycles. The number of terminal acetylenes is 1. The van der Waals surface area contributed by atoms with E-state index in [9.17, 15) is 4.79 Å². The Bertz CT molecular complexity index is 421. The molecule has 2 atom stereocenters. The smallest absolute Gasteiger partial charge is 0.224 e. The number of likely N-dealkylation sites (tertiary alicyclic amines) is 1. The minimum Gasteiger partial charge on any atom is -0.335 e. The van der Waals surface area contributed by atoms with E-state index in [4.69, 9.17) is 6.42 Å². The first-order valence-electron chi connectivity index (χ1n) is 5.38. The van der Waals surface area contributed by atoms with E-state index in [-0.39, 0.29) is 17.9 Å². The summed E-state index contributed by atoms with van der Waals surface area (Å²) in [5.74, 6) is 2.87. The van der Waals surface area contributed by atoms with Crippen LogP contribution in [0.1, 0.15) is 24.9 Å². The molecule has 16 heavy (non-hydrogen) atoms. The van der Waals surface area contributed by atoms with Crippen LogP contribution in [0.25, 0.3) is 0 Å². The number of rotatable bonds is 2. The Balaban J connectivity index is 2.15. The lowest BCUT2D eigenvalue weighted by Crippen LogP contribution is -2.28. The summed E-state index contributed by atoms with van der Waals surface area (Å²) in [7, 11) is 0. The first-order valence-corrected chi connectivity index (χ1v) is 5.38. The van der Waals surface area contributed by atoms with Gasteiger partial charge in [-0.25, -0.2) is 0 Å². The lowest BCUT2D eigenvalue weighted by Gasteiger charge is -2.24. The zero-order chi connectivity index (χ0) is 11.5. The summed E-state index contributed by atoms with van der Waals surface area (Å²) in [6, 6.07) is 3.94. The van der Waals surface area contributed by atoms with E-state index in [1.54, 1.807) is 12.4 Å². The van der Waals surface area contributed by atoms with Crippen molar-refractivity contribution >= 4 is 5.91 Å². The SMILES string of the molecule is C#CC1CC(=O)N(C(C)c2ccncc2)C1. The van der Waals surface area contributed by atoms with Crippen molar-refractivity contribution in [3.05, 3.63) is 30.1 Å². The van der Waals surface area contributed by atoms with E-state index in [0.29, 0.717) is 13.0 Å². The lowest BCUT2D eigenvalue weighted by atomic mass is 10.1. The molecular weight excluding hydrogens is 200 g/mol. The number of nitrogens with zero attached hydrogens (tertiary/aromatic N) is 2. The number of carbonyl (C=O) groups is 1. The van der Waals surface area contributed by atoms with Crippen molar-refractivity contribution < 1.29 is 4.79 Å². The predicted octanol–water partition coefficient (Wildman–Crippen LogP) is 1.62. The Morgan fingerprint density at radius 3 is 2.81 bits per heavy atom. The number of aromatic nitrogens is 1. The van der Waals surface area contributed by atoms with Gasteiger partial charge in [-0.1, -0.05) is 0 Å². The maximum Gasteiger partial charge on any atom is 0.224 e. The standard InChI is InChI=1S/C13H14N2O/c1-3-11-8-13(16)15(9-11)10(2)12-4-6-14-7-5-12/h1,4-7,10-11H,8-9H2,2H3. The van der Waals surface area contributed by atoms with Gasteiger partial charge in [0.05, 0.1) is 6.04 Å². The van der Waals surface area contributed by atoms with E-state index in [1.165, 1.54) is 0 Å². The van der Waals surface area contributed by atoms with Crippen LogP contribution in [0.5, 0.6) is 0 Å². The zero-order valence-corrected chi connectivity index (χ0v) is 9.26. The van der Waals surface area contributed by atoms with Crippen molar-refractivity contribution in [3.63, 3.8) is 0 Å². The molecular formula is C13H14N2O. The maximum atomic E-state index is 11.8. The molecule has 1 aromatic heterocycles. The van der Waals surface area contributed by atoms with Crippen LogP contribution in [0.3, 0.4) is 0 Å².